The van der Waals surface area contributed by atoms with Crippen molar-refractivity contribution in [2.45, 2.75) is 12.5 Å². The molecule has 0 aromatic heterocycles. The summed E-state index contributed by atoms with van der Waals surface area (Å²) in [7, 11) is 0. The van der Waals surface area contributed by atoms with Crippen molar-refractivity contribution in [3.63, 3.8) is 0 Å². The molecular weight excluding hydrogens is 226 g/mol. The van der Waals surface area contributed by atoms with Gasteiger partial charge in [0.05, 0.1) is 0 Å². The van der Waals surface area contributed by atoms with Gasteiger partial charge in [-0.05, 0) is 36.7 Å². The summed E-state index contributed by atoms with van der Waals surface area (Å²) in [5, 5.41) is 0.488. The SMILES string of the molecule is Cl.NCC[C@H](N)c1cc(F)ccc1Cl. The Morgan fingerprint density at radius 1 is 1.43 bits per heavy atom. The van der Waals surface area contributed by atoms with E-state index in [1.165, 1.54) is 18.2 Å². The van der Waals surface area contributed by atoms with E-state index in [1.54, 1.807) is 0 Å². The molecule has 0 saturated heterocycles. The lowest BCUT2D eigenvalue weighted by Gasteiger charge is -2.12. The van der Waals surface area contributed by atoms with Gasteiger partial charge in [-0.3, -0.25) is 0 Å². The molecule has 5 heteroatoms. The van der Waals surface area contributed by atoms with Crippen LogP contribution in [0.5, 0.6) is 0 Å². The lowest BCUT2D eigenvalue weighted by atomic mass is 10.0. The highest BCUT2D eigenvalue weighted by atomic mass is 35.5. The number of nitrogens with two attached hydrogens (primary N) is 2. The van der Waals surface area contributed by atoms with Gasteiger partial charge in [0.1, 0.15) is 5.82 Å². The third kappa shape index (κ3) is 3.42. The zero-order valence-corrected chi connectivity index (χ0v) is 9.11. The summed E-state index contributed by atoms with van der Waals surface area (Å²) in [5.74, 6) is -0.327. The molecular formula is C9H13Cl2FN2. The van der Waals surface area contributed by atoms with Crippen molar-refractivity contribution in [2.24, 2.45) is 11.5 Å². The summed E-state index contributed by atoms with van der Waals surface area (Å²) < 4.78 is 12.8. The minimum atomic E-state index is -0.327. The number of halogens is 3. The fraction of sp³-hybridized carbons (Fsp3) is 0.333. The van der Waals surface area contributed by atoms with E-state index in [2.05, 4.69) is 0 Å². The summed E-state index contributed by atoms with van der Waals surface area (Å²) in [6, 6.07) is 3.87. The summed E-state index contributed by atoms with van der Waals surface area (Å²) in [6.45, 7) is 0.466. The van der Waals surface area contributed by atoms with Crippen LogP contribution >= 0.6 is 24.0 Å². The zero-order chi connectivity index (χ0) is 9.84. The Morgan fingerprint density at radius 2 is 2.07 bits per heavy atom. The van der Waals surface area contributed by atoms with E-state index in [1.807, 2.05) is 0 Å². The topological polar surface area (TPSA) is 52.0 Å². The summed E-state index contributed by atoms with van der Waals surface area (Å²) >= 11 is 5.84. The Morgan fingerprint density at radius 3 is 2.64 bits per heavy atom. The van der Waals surface area contributed by atoms with Gasteiger partial charge in [-0.15, -0.1) is 12.4 Å². The number of rotatable bonds is 3. The van der Waals surface area contributed by atoms with Gasteiger partial charge in [-0.25, -0.2) is 4.39 Å². The highest BCUT2D eigenvalue weighted by Crippen LogP contribution is 2.23. The number of benzene rings is 1. The van der Waals surface area contributed by atoms with Crippen molar-refractivity contribution in [2.75, 3.05) is 6.54 Å². The maximum atomic E-state index is 12.8. The van der Waals surface area contributed by atoms with Crippen molar-refractivity contribution < 1.29 is 4.39 Å². The molecule has 1 atom stereocenters. The van der Waals surface area contributed by atoms with E-state index in [9.17, 15) is 4.39 Å². The minimum Gasteiger partial charge on any atom is -0.330 e. The average molecular weight is 239 g/mol. The van der Waals surface area contributed by atoms with Crippen LogP contribution in [0, 0.1) is 5.82 Å². The van der Waals surface area contributed by atoms with Gasteiger partial charge in [0.15, 0.2) is 0 Å². The molecule has 0 aliphatic heterocycles. The Bertz CT molecular complexity index is 294. The molecule has 1 rings (SSSR count). The van der Waals surface area contributed by atoms with Crippen LogP contribution in [0.4, 0.5) is 4.39 Å². The Kier molecular flexibility index (Phi) is 6.04. The van der Waals surface area contributed by atoms with Gasteiger partial charge in [0.25, 0.3) is 0 Å². The van der Waals surface area contributed by atoms with Gasteiger partial charge in [0, 0.05) is 11.1 Å². The Hall–Kier alpha value is -0.350. The molecule has 14 heavy (non-hydrogen) atoms. The summed E-state index contributed by atoms with van der Waals surface area (Å²) in [5.41, 5.74) is 11.7. The number of hydrogen-bond donors (Lipinski definition) is 2. The maximum Gasteiger partial charge on any atom is 0.123 e. The van der Waals surface area contributed by atoms with Crippen molar-refractivity contribution in [1.82, 2.24) is 0 Å². The highest BCUT2D eigenvalue weighted by molar-refractivity contribution is 6.31. The van der Waals surface area contributed by atoms with Gasteiger partial charge < -0.3 is 11.5 Å². The average Bonchev–Trinajstić information content (AvgIpc) is 2.09. The van der Waals surface area contributed by atoms with Crippen LogP contribution < -0.4 is 11.5 Å². The van der Waals surface area contributed by atoms with Crippen LogP contribution in [-0.4, -0.2) is 6.54 Å². The largest absolute Gasteiger partial charge is 0.330 e. The molecule has 0 aliphatic carbocycles. The first-order chi connectivity index (χ1) is 6.15. The molecule has 0 unspecified atom stereocenters. The van der Waals surface area contributed by atoms with Crippen LogP contribution in [-0.2, 0) is 0 Å². The maximum absolute atomic E-state index is 12.8. The standard InChI is InChI=1S/C9H12ClFN2.ClH/c10-8-2-1-6(11)5-7(8)9(13)3-4-12;/h1-2,5,9H,3-4,12-13H2;1H/t9-;/m0./s1. The second-order valence-corrected chi connectivity index (χ2v) is 3.26. The molecule has 80 valence electrons. The summed E-state index contributed by atoms with van der Waals surface area (Å²) in [6.07, 6.45) is 0.600. The van der Waals surface area contributed by atoms with Crippen LogP contribution in [0.1, 0.15) is 18.0 Å². The van der Waals surface area contributed by atoms with Crippen molar-refractivity contribution in [3.05, 3.63) is 34.6 Å². The molecule has 0 fully saturated rings. The van der Waals surface area contributed by atoms with E-state index in [-0.39, 0.29) is 24.3 Å². The monoisotopic (exact) mass is 238 g/mol. The molecule has 0 spiro atoms. The first-order valence-corrected chi connectivity index (χ1v) is 4.43. The van der Waals surface area contributed by atoms with Gasteiger partial charge in [0.2, 0.25) is 0 Å². The molecule has 0 heterocycles. The second kappa shape index (κ2) is 6.19. The molecule has 0 aliphatic rings. The molecule has 1 aromatic carbocycles. The van der Waals surface area contributed by atoms with Crippen LogP contribution in [0.15, 0.2) is 18.2 Å². The van der Waals surface area contributed by atoms with E-state index >= 15 is 0 Å². The molecule has 0 saturated carbocycles. The van der Waals surface area contributed by atoms with Gasteiger partial charge >= 0.3 is 0 Å². The molecule has 0 bridgehead atoms. The van der Waals surface area contributed by atoms with E-state index in [0.29, 0.717) is 23.6 Å². The third-order valence-electron chi connectivity index (χ3n) is 1.84. The number of hydrogen-bond acceptors (Lipinski definition) is 2. The predicted octanol–water partition coefficient (Wildman–Crippen LogP) is 2.25. The van der Waals surface area contributed by atoms with E-state index in [0.717, 1.165) is 0 Å². The molecule has 4 N–H and O–H groups in total. The second-order valence-electron chi connectivity index (χ2n) is 2.85. The molecule has 2 nitrogen and oxygen atoms in total. The van der Waals surface area contributed by atoms with E-state index < -0.39 is 0 Å². The smallest absolute Gasteiger partial charge is 0.123 e. The van der Waals surface area contributed by atoms with Gasteiger partial charge in [-0.1, -0.05) is 11.6 Å². The quantitative estimate of drug-likeness (QED) is 0.849. The zero-order valence-electron chi connectivity index (χ0n) is 7.54. The van der Waals surface area contributed by atoms with Crippen molar-refractivity contribution in [3.8, 4) is 0 Å². The third-order valence-corrected chi connectivity index (χ3v) is 2.18. The highest BCUT2D eigenvalue weighted by Gasteiger charge is 2.09. The van der Waals surface area contributed by atoms with Gasteiger partial charge in [-0.2, -0.15) is 0 Å². The Balaban J connectivity index is 0.00000169. The first kappa shape index (κ1) is 13.7. The minimum absolute atomic E-state index is 0. The molecule has 1 aromatic rings. The van der Waals surface area contributed by atoms with Crippen molar-refractivity contribution in [1.29, 1.82) is 0 Å². The molecule has 0 amide bonds. The van der Waals surface area contributed by atoms with E-state index in [4.69, 9.17) is 23.1 Å². The summed E-state index contributed by atoms with van der Waals surface area (Å²) in [4.78, 5) is 0. The fourth-order valence-electron chi connectivity index (χ4n) is 1.13. The predicted molar refractivity (Wildman–Crippen MR) is 59.3 cm³/mol. The Labute approximate surface area is 93.8 Å². The van der Waals surface area contributed by atoms with Crippen molar-refractivity contribution >= 4 is 24.0 Å². The lowest BCUT2D eigenvalue weighted by molar-refractivity contribution is 0.612. The first-order valence-electron chi connectivity index (χ1n) is 4.05. The molecule has 0 radical (unpaired) electrons. The lowest BCUT2D eigenvalue weighted by Crippen LogP contribution is -2.15. The van der Waals surface area contributed by atoms with Crippen LogP contribution in [0.2, 0.25) is 5.02 Å². The van der Waals surface area contributed by atoms with Crippen LogP contribution in [0.25, 0.3) is 0 Å². The fourth-order valence-corrected chi connectivity index (χ4v) is 1.39. The normalized spacial score (nSPS) is 12.0. The van der Waals surface area contributed by atoms with Crippen LogP contribution in [0.3, 0.4) is 0 Å².